The minimum atomic E-state index is -0.757. The predicted octanol–water partition coefficient (Wildman–Crippen LogP) is 1.82. The first-order valence-electron chi connectivity index (χ1n) is 9.75. The highest BCUT2D eigenvalue weighted by Crippen LogP contribution is 2.09. The van der Waals surface area contributed by atoms with E-state index in [1.807, 2.05) is 50.6 Å². The molecule has 2 amide bonds. The Kier molecular flexibility index (Phi) is 7.29. The molecule has 3 rings (SSSR count). The molecule has 8 heteroatoms. The Balaban J connectivity index is 1.70. The third kappa shape index (κ3) is 6.25. The molecular weight excluding hydrogens is 380 g/mol. The van der Waals surface area contributed by atoms with E-state index in [4.69, 9.17) is 0 Å². The summed E-state index contributed by atoms with van der Waals surface area (Å²) in [5.74, 6) is -0.225. The van der Waals surface area contributed by atoms with Crippen LogP contribution in [0, 0.1) is 0 Å². The van der Waals surface area contributed by atoms with Crippen LogP contribution in [0.15, 0.2) is 67.1 Å². The summed E-state index contributed by atoms with van der Waals surface area (Å²) in [6.07, 6.45) is 5.25. The first-order chi connectivity index (χ1) is 14.5. The highest BCUT2D eigenvalue weighted by molar-refractivity contribution is 6.00. The molecule has 1 aromatic carbocycles. The Labute approximate surface area is 175 Å². The molecule has 156 valence electrons. The van der Waals surface area contributed by atoms with Gasteiger partial charge in [0.15, 0.2) is 5.82 Å². The lowest BCUT2D eigenvalue weighted by molar-refractivity contribution is -0.118. The van der Waals surface area contributed by atoms with Gasteiger partial charge in [-0.3, -0.25) is 19.3 Å². The van der Waals surface area contributed by atoms with Crippen molar-refractivity contribution in [2.24, 2.45) is 0 Å². The van der Waals surface area contributed by atoms with Gasteiger partial charge in [-0.25, -0.2) is 0 Å². The van der Waals surface area contributed by atoms with Crippen molar-refractivity contribution in [2.45, 2.75) is 19.0 Å². The maximum Gasteiger partial charge on any atom is 0.253 e. The number of hydrogen-bond acceptors (Lipinski definition) is 5. The summed E-state index contributed by atoms with van der Waals surface area (Å²) in [5, 5.41) is 10.0. The molecule has 0 bridgehead atoms. The minimum Gasteiger partial charge on any atom is -0.340 e. The van der Waals surface area contributed by atoms with Gasteiger partial charge in [-0.1, -0.05) is 30.3 Å². The summed E-state index contributed by atoms with van der Waals surface area (Å²) >= 11 is 0. The number of pyridine rings is 1. The van der Waals surface area contributed by atoms with Gasteiger partial charge in [-0.2, -0.15) is 5.10 Å². The largest absolute Gasteiger partial charge is 0.340 e. The third-order valence-corrected chi connectivity index (χ3v) is 4.50. The van der Waals surface area contributed by atoms with E-state index in [0.29, 0.717) is 24.3 Å². The number of benzene rings is 1. The van der Waals surface area contributed by atoms with Gasteiger partial charge in [-0.05, 0) is 31.8 Å². The molecule has 2 aromatic heterocycles. The van der Waals surface area contributed by atoms with Gasteiger partial charge in [0.2, 0.25) is 5.91 Å². The van der Waals surface area contributed by atoms with Crippen LogP contribution in [0.5, 0.6) is 0 Å². The molecule has 0 saturated carbocycles. The number of carbonyl (C=O) groups is 2. The van der Waals surface area contributed by atoms with Gasteiger partial charge in [0.05, 0.1) is 12.1 Å². The number of nitrogens with one attached hydrogen (secondary N) is 2. The number of hydrogen-bond donors (Lipinski definition) is 2. The van der Waals surface area contributed by atoms with Crippen molar-refractivity contribution in [2.75, 3.05) is 26.0 Å². The van der Waals surface area contributed by atoms with Crippen LogP contribution in [-0.4, -0.2) is 58.2 Å². The van der Waals surface area contributed by atoms with Crippen LogP contribution < -0.4 is 10.6 Å². The number of anilines is 1. The first kappa shape index (κ1) is 21.2. The third-order valence-electron chi connectivity index (χ3n) is 4.50. The first-order valence-corrected chi connectivity index (χ1v) is 9.75. The summed E-state index contributed by atoms with van der Waals surface area (Å²) in [5.41, 5.74) is 1.34. The zero-order chi connectivity index (χ0) is 21.3. The van der Waals surface area contributed by atoms with Crippen molar-refractivity contribution in [3.63, 3.8) is 0 Å². The number of rotatable bonds is 9. The molecule has 0 aliphatic heterocycles. The molecule has 1 unspecified atom stereocenters. The lowest BCUT2D eigenvalue weighted by atomic mass is 10.0. The summed E-state index contributed by atoms with van der Waals surface area (Å²) < 4.78 is 1.77. The molecule has 0 spiro atoms. The fourth-order valence-corrected chi connectivity index (χ4v) is 2.87. The SMILES string of the molecule is CN(C)CCn1ccc(NC(=O)C(Cc2ccccc2)NC(=O)c2cccnc2)n1. The smallest absolute Gasteiger partial charge is 0.253 e. The van der Waals surface area contributed by atoms with Crippen molar-refractivity contribution >= 4 is 17.6 Å². The zero-order valence-electron chi connectivity index (χ0n) is 17.2. The fourth-order valence-electron chi connectivity index (χ4n) is 2.87. The monoisotopic (exact) mass is 406 g/mol. The molecule has 8 nitrogen and oxygen atoms in total. The van der Waals surface area contributed by atoms with Crippen molar-refractivity contribution in [1.82, 2.24) is 25.0 Å². The lowest BCUT2D eigenvalue weighted by Gasteiger charge is -2.18. The van der Waals surface area contributed by atoms with Crippen LogP contribution in [0.1, 0.15) is 15.9 Å². The number of amides is 2. The topological polar surface area (TPSA) is 92.2 Å². The summed E-state index contributed by atoms with van der Waals surface area (Å²) in [6, 6.07) is 13.9. The Hall–Kier alpha value is -3.52. The molecule has 1 atom stereocenters. The minimum absolute atomic E-state index is 0.325. The fraction of sp³-hybridized carbons (Fsp3) is 0.273. The van der Waals surface area contributed by atoms with Gasteiger partial charge in [-0.15, -0.1) is 0 Å². The number of aromatic nitrogens is 3. The van der Waals surface area contributed by atoms with E-state index in [1.54, 1.807) is 29.1 Å². The van der Waals surface area contributed by atoms with Crippen molar-refractivity contribution in [3.8, 4) is 0 Å². The molecule has 30 heavy (non-hydrogen) atoms. The van der Waals surface area contributed by atoms with Crippen LogP contribution >= 0.6 is 0 Å². The quantitative estimate of drug-likeness (QED) is 0.566. The number of nitrogens with zero attached hydrogens (tertiary/aromatic N) is 4. The summed E-state index contributed by atoms with van der Waals surface area (Å²) in [4.78, 5) is 31.6. The van der Waals surface area contributed by atoms with E-state index < -0.39 is 6.04 Å². The van der Waals surface area contributed by atoms with E-state index in [0.717, 1.165) is 12.1 Å². The molecule has 0 fully saturated rings. The summed E-state index contributed by atoms with van der Waals surface area (Å²) in [7, 11) is 3.98. The number of carbonyl (C=O) groups excluding carboxylic acids is 2. The Morgan fingerprint density at radius 2 is 1.90 bits per heavy atom. The second-order valence-corrected chi connectivity index (χ2v) is 7.21. The Bertz CT molecular complexity index is 956. The average molecular weight is 406 g/mol. The van der Waals surface area contributed by atoms with Crippen molar-refractivity contribution in [1.29, 1.82) is 0 Å². The molecule has 3 aromatic rings. The maximum atomic E-state index is 13.0. The zero-order valence-corrected chi connectivity index (χ0v) is 17.2. The predicted molar refractivity (Wildman–Crippen MR) is 115 cm³/mol. The van der Waals surface area contributed by atoms with Gasteiger partial charge in [0.25, 0.3) is 5.91 Å². The van der Waals surface area contributed by atoms with E-state index >= 15 is 0 Å². The average Bonchev–Trinajstić information content (AvgIpc) is 3.20. The molecular formula is C22H26N6O2. The van der Waals surface area contributed by atoms with Crippen molar-refractivity contribution < 1.29 is 9.59 Å². The highest BCUT2D eigenvalue weighted by Gasteiger charge is 2.23. The molecule has 0 saturated heterocycles. The van der Waals surface area contributed by atoms with E-state index in [9.17, 15) is 9.59 Å². The van der Waals surface area contributed by atoms with Gasteiger partial charge in [0, 0.05) is 37.6 Å². The second kappa shape index (κ2) is 10.3. The van der Waals surface area contributed by atoms with Crippen LogP contribution in [0.3, 0.4) is 0 Å². The highest BCUT2D eigenvalue weighted by atomic mass is 16.2. The van der Waals surface area contributed by atoms with Crippen LogP contribution in [0.25, 0.3) is 0 Å². The normalized spacial score (nSPS) is 11.8. The van der Waals surface area contributed by atoms with Gasteiger partial charge in [0.1, 0.15) is 6.04 Å². The standard InChI is InChI=1S/C22H26N6O2/c1-27(2)13-14-28-12-10-20(26-28)25-22(30)19(15-17-7-4-3-5-8-17)24-21(29)18-9-6-11-23-16-18/h3-12,16,19H,13-15H2,1-2H3,(H,24,29)(H,25,26,30). The molecule has 0 aliphatic rings. The molecule has 2 N–H and O–H groups in total. The van der Waals surface area contributed by atoms with Crippen LogP contribution in [0.2, 0.25) is 0 Å². The van der Waals surface area contributed by atoms with E-state index in [1.165, 1.54) is 6.20 Å². The Morgan fingerprint density at radius 1 is 1.10 bits per heavy atom. The summed E-state index contributed by atoms with van der Waals surface area (Å²) in [6.45, 7) is 1.56. The maximum absolute atomic E-state index is 13.0. The van der Waals surface area contributed by atoms with Crippen LogP contribution in [-0.2, 0) is 17.8 Å². The second-order valence-electron chi connectivity index (χ2n) is 7.21. The van der Waals surface area contributed by atoms with Crippen LogP contribution in [0.4, 0.5) is 5.82 Å². The van der Waals surface area contributed by atoms with Gasteiger partial charge >= 0.3 is 0 Å². The van der Waals surface area contributed by atoms with E-state index in [2.05, 4.69) is 25.6 Å². The van der Waals surface area contributed by atoms with Gasteiger partial charge < -0.3 is 15.5 Å². The lowest BCUT2D eigenvalue weighted by Crippen LogP contribution is -2.45. The molecule has 2 heterocycles. The molecule has 0 aliphatic carbocycles. The molecule has 0 radical (unpaired) electrons. The van der Waals surface area contributed by atoms with Crippen molar-refractivity contribution in [3.05, 3.63) is 78.2 Å². The Morgan fingerprint density at radius 3 is 2.60 bits per heavy atom. The number of likely N-dealkylation sites (N-methyl/N-ethyl adjacent to an activating group) is 1. The van der Waals surface area contributed by atoms with E-state index in [-0.39, 0.29) is 11.8 Å².